The van der Waals surface area contributed by atoms with Crippen LogP contribution in [0.25, 0.3) is 0 Å². The van der Waals surface area contributed by atoms with Gasteiger partial charge in [-0.3, -0.25) is 4.90 Å². The molecule has 1 heterocycles. The number of hydrogen-bond donors (Lipinski definition) is 1. The normalized spacial score (nSPS) is 27.9. The van der Waals surface area contributed by atoms with Gasteiger partial charge in [0.25, 0.3) is 0 Å². The molecule has 0 aromatic heterocycles. The van der Waals surface area contributed by atoms with Gasteiger partial charge in [0, 0.05) is 25.2 Å². The fourth-order valence-electron chi connectivity index (χ4n) is 2.76. The Morgan fingerprint density at radius 1 is 1.23 bits per heavy atom. The molecule has 0 aromatic rings. The molecule has 0 aromatic carbocycles. The van der Waals surface area contributed by atoms with Crippen molar-refractivity contribution < 1.29 is 0 Å². The molecule has 2 aliphatic rings. The molecular formula is C11H22N2. The summed E-state index contributed by atoms with van der Waals surface area (Å²) in [5, 5.41) is 0. The van der Waals surface area contributed by atoms with Gasteiger partial charge in [0.2, 0.25) is 0 Å². The van der Waals surface area contributed by atoms with Crippen molar-refractivity contribution in [3.8, 4) is 0 Å². The van der Waals surface area contributed by atoms with Gasteiger partial charge in [-0.1, -0.05) is 12.8 Å². The van der Waals surface area contributed by atoms with E-state index in [0.29, 0.717) is 5.41 Å². The number of nitrogens with zero attached hydrogens (tertiary/aromatic N) is 1. The second-order valence-corrected chi connectivity index (χ2v) is 5.58. The van der Waals surface area contributed by atoms with Crippen LogP contribution in [0.15, 0.2) is 0 Å². The van der Waals surface area contributed by atoms with Crippen LogP contribution in [-0.2, 0) is 0 Å². The summed E-state index contributed by atoms with van der Waals surface area (Å²) in [6.45, 7) is 7.90. The Kier molecular flexibility index (Phi) is 2.16. The fourth-order valence-corrected chi connectivity index (χ4v) is 2.76. The molecule has 1 saturated carbocycles. The van der Waals surface area contributed by atoms with Gasteiger partial charge in [0.15, 0.2) is 0 Å². The molecule has 2 rings (SSSR count). The lowest BCUT2D eigenvalue weighted by molar-refractivity contribution is -0.0582. The van der Waals surface area contributed by atoms with E-state index in [1.807, 2.05) is 0 Å². The molecule has 0 amide bonds. The van der Waals surface area contributed by atoms with E-state index >= 15 is 0 Å². The third kappa shape index (κ3) is 1.50. The number of hydrogen-bond acceptors (Lipinski definition) is 2. The largest absolute Gasteiger partial charge is 0.329 e. The van der Waals surface area contributed by atoms with E-state index in [1.54, 1.807) is 0 Å². The topological polar surface area (TPSA) is 29.3 Å². The van der Waals surface area contributed by atoms with Crippen LogP contribution in [0, 0.1) is 5.41 Å². The summed E-state index contributed by atoms with van der Waals surface area (Å²) >= 11 is 0. The van der Waals surface area contributed by atoms with Crippen LogP contribution >= 0.6 is 0 Å². The molecule has 2 fully saturated rings. The lowest BCUT2D eigenvalue weighted by Crippen LogP contribution is -2.64. The van der Waals surface area contributed by atoms with Crippen molar-refractivity contribution in [1.82, 2.24) is 4.90 Å². The average Bonchev–Trinajstić information content (AvgIpc) is 2.49. The van der Waals surface area contributed by atoms with Crippen LogP contribution in [0.2, 0.25) is 0 Å². The van der Waals surface area contributed by atoms with Gasteiger partial charge >= 0.3 is 0 Å². The minimum Gasteiger partial charge on any atom is -0.329 e. The molecule has 2 nitrogen and oxygen atoms in total. The van der Waals surface area contributed by atoms with Gasteiger partial charge in [-0.15, -0.1) is 0 Å². The van der Waals surface area contributed by atoms with E-state index in [0.717, 1.165) is 6.54 Å². The first-order valence-electron chi connectivity index (χ1n) is 5.53. The number of likely N-dealkylation sites (tertiary alicyclic amines) is 1. The predicted molar refractivity (Wildman–Crippen MR) is 55.6 cm³/mol. The molecule has 0 unspecified atom stereocenters. The lowest BCUT2D eigenvalue weighted by atomic mass is 9.75. The number of nitrogens with two attached hydrogens (primary N) is 1. The van der Waals surface area contributed by atoms with E-state index in [1.165, 1.54) is 38.8 Å². The zero-order valence-corrected chi connectivity index (χ0v) is 8.97. The smallest absolute Gasteiger partial charge is 0.0275 e. The summed E-state index contributed by atoms with van der Waals surface area (Å²) < 4.78 is 0. The Balaban J connectivity index is 1.90. The van der Waals surface area contributed by atoms with Crippen LogP contribution < -0.4 is 5.73 Å². The highest BCUT2D eigenvalue weighted by Gasteiger charge is 2.48. The highest BCUT2D eigenvalue weighted by atomic mass is 15.3. The Bertz CT molecular complexity index is 184. The molecule has 76 valence electrons. The Morgan fingerprint density at radius 2 is 1.77 bits per heavy atom. The van der Waals surface area contributed by atoms with Gasteiger partial charge in [-0.2, -0.15) is 0 Å². The molecular weight excluding hydrogens is 160 g/mol. The summed E-state index contributed by atoms with van der Waals surface area (Å²) in [6.07, 6.45) is 5.84. The lowest BCUT2D eigenvalue weighted by Gasteiger charge is -2.55. The SMILES string of the molecule is CC(C)(CN)N1CC2(CCCC2)C1. The molecule has 2 N–H and O–H groups in total. The first-order valence-corrected chi connectivity index (χ1v) is 5.53. The maximum Gasteiger partial charge on any atom is 0.0275 e. The van der Waals surface area contributed by atoms with Crippen molar-refractivity contribution >= 4 is 0 Å². The van der Waals surface area contributed by atoms with E-state index in [4.69, 9.17) is 5.73 Å². The van der Waals surface area contributed by atoms with Crippen LogP contribution in [-0.4, -0.2) is 30.1 Å². The van der Waals surface area contributed by atoms with Crippen molar-refractivity contribution in [2.24, 2.45) is 11.1 Å². The molecule has 2 heteroatoms. The Hall–Kier alpha value is -0.0800. The first-order chi connectivity index (χ1) is 6.08. The van der Waals surface area contributed by atoms with Gasteiger partial charge in [0.05, 0.1) is 0 Å². The highest BCUT2D eigenvalue weighted by molar-refractivity contribution is 5.02. The summed E-state index contributed by atoms with van der Waals surface area (Å²) in [5.41, 5.74) is 6.71. The molecule has 13 heavy (non-hydrogen) atoms. The summed E-state index contributed by atoms with van der Waals surface area (Å²) in [5.74, 6) is 0. The molecule has 1 aliphatic heterocycles. The molecule has 0 radical (unpaired) electrons. The minimum absolute atomic E-state index is 0.230. The van der Waals surface area contributed by atoms with E-state index in [9.17, 15) is 0 Å². The van der Waals surface area contributed by atoms with Crippen LogP contribution in [0.5, 0.6) is 0 Å². The molecule has 1 spiro atoms. The zero-order chi connectivity index (χ0) is 9.53. The van der Waals surface area contributed by atoms with Crippen molar-refractivity contribution in [3.63, 3.8) is 0 Å². The Labute approximate surface area is 81.5 Å². The quantitative estimate of drug-likeness (QED) is 0.703. The van der Waals surface area contributed by atoms with Crippen LogP contribution in [0.4, 0.5) is 0 Å². The molecule has 0 atom stereocenters. The first kappa shape index (κ1) is 9.47. The highest BCUT2D eigenvalue weighted by Crippen LogP contribution is 2.47. The maximum atomic E-state index is 5.76. The van der Waals surface area contributed by atoms with Crippen molar-refractivity contribution in [2.45, 2.75) is 45.1 Å². The van der Waals surface area contributed by atoms with E-state index in [2.05, 4.69) is 18.7 Å². The monoisotopic (exact) mass is 182 g/mol. The zero-order valence-electron chi connectivity index (χ0n) is 8.97. The predicted octanol–water partition coefficient (Wildman–Crippen LogP) is 1.60. The van der Waals surface area contributed by atoms with Crippen LogP contribution in [0.1, 0.15) is 39.5 Å². The van der Waals surface area contributed by atoms with Gasteiger partial charge in [0.1, 0.15) is 0 Å². The van der Waals surface area contributed by atoms with Gasteiger partial charge in [-0.25, -0.2) is 0 Å². The Morgan fingerprint density at radius 3 is 2.23 bits per heavy atom. The maximum absolute atomic E-state index is 5.76. The summed E-state index contributed by atoms with van der Waals surface area (Å²) in [6, 6.07) is 0. The summed E-state index contributed by atoms with van der Waals surface area (Å²) in [7, 11) is 0. The third-order valence-electron chi connectivity index (χ3n) is 4.07. The third-order valence-corrected chi connectivity index (χ3v) is 4.07. The molecule has 0 bridgehead atoms. The van der Waals surface area contributed by atoms with E-state index in [-0.39, 0.29) is 5.54 Å². The van der Waals surface area contributed by atoms with Crippen molar-refractivity contribution in [2.75, 3.05) is 19.6 Å². The average molecular weight is 182 g/mol. The fraction of sp³-hybridized carbons (Fsp3) is 1.00. The second-order valence-electron chi connectivity index (χ2n) is 5.58. The van der Waals surface area contributed by atoms with E-state index < -0.39 is 0 Å². The second kappa shape index (κ2) is 2.96. The standard InChI is InChI=1S/C11H22N2/c1-10(2,7-12)13-8-11(9-13)5-3-4-6-11/h3-9,12H2,1-2H3. The minimum atomic E-state index is 0.230. The molecule has 1 aliphatic carbocycles. The van der Waals surface area contributed by atoms with Crippen molar-refractivity contribution in [1.29, 1.82) is 0 Å². The molecule has 1 saturated heterocycles. The van der Waals surface area contributed by atoms with Crippen LogP contribution in [0.3, 0.4) is 0 Å². The summed E-state index contributed by atoms with van der Waals surface area (Å²) in [4.78, 5) is 2.55. The van der Waals surface area contributed by atoms with Gasteiger partial charge < -0.3 is 5.73 Å². The van der Waals surface area contributed by atoms with Crippen molar-refractivity contribution in [3.05, 3.63) is 0 Å². The van der Waals surface area contributed by atoms with Gasteiger partial charge in [-0.05, 0) is 32.1 Å². The number of rotatable bonds is 2.